The van der Waals surface area contributed by atoms with E-state index in [0.29, 0.717) is 5.92 Å². The maximum Gasteiger partial charge on any atom is 0.289 e. The summed E-state index contributed by atoms with van der Waals surface area (Å²) in [6.07, 6.45) is 6.32. The van der Waals surface area contributed by atoms with Crippen molar-refractivity contribution in [3.8, 4) is 0 Å². The molecule has 0 aromatic heterocycles. The van der Waals surface area contributed by atoms with Crippen LogP contribution in [0.4, 0.5) is 0 Å². The van der Waals surface area contributed by atoms with Gasteiger partial charge in [0.1, 0.15) is 6.21 Å². The second kappa shape index (κ2) is 6.17. The van der Waals surface area contributed by atoms with Gasteiger partial charge in [0.15, 0.2) is 0 Å². The van der Waals surface area contributed by atoms with Gasteiger partial charge in [-0.1, -0.05) is 25.3 Å². The van der Waals surface area contributed by atoms with E-state index in [1.54, 1.807) is 0 Å². The summed E-state index contributed by atoms with van der Waals surface area (Å²) in [5.74, 6) is 3.60. The number of hydrogen-bond donors (Lipinski definition) is 0. The van der Waals surface area contributed by atoms with Crippen molar-refractivity contribution < 1.29 is 4.58 Å². The van der Waals surface area contributed by atoms with Crippen LogP contribution in [0.1, 0.15) is 47.0 Å². The largest absolute Gasteiger partial charge is 0.289 e. The van der Waals surface area contributed by atoms with Gasteiger partial charge >= 0.3 is 0 Å². The Hall–Kier alpha value is -0.660. The number of hydrogen-bond acceptors (Lipinski definition) is 0. The highest BCUT2D eigenvalue weighted by Crippen LogP contribution is 2.40. The highest BCUT2D eigenvalue weighted by molar-refractivity contribution is 5.84. The van der Waals surface area contributed by atoms with Crippen LogP contribution in [0.25, 0.3) is 0 Å². The van der Waals surface area contributed by atoms with Crippen molar-refractivity contribution >= 4 is 12.1 Å². The predicted molar refractivity (Wildman–Crippen MR) is 71.6 cm³/mol. The molecule has 3 atom stereocenters. The minimum atomic E-state index is 0.638. The first kappa shape index (κ1) is 13.4. The summed E-state index contributed by atoms with van der Waals surface area (Å²) in [5.41, 5.74) is 0. The van der Waals surface area contributed by atoms with E-state index in [4.69, 9.17) is 0 Å². The lowest BCUT2D eigenvalue weighted by molar-refractivity contribution is -0.494. The second-order valence-electron chi connectivity index (χ2n) is 5.11. The maximum atomic E-state index is 4.58. The van der Waals surface area contributed by atoms with Gasteiger partial charge in [-0.2, -0.15) is 0 Å². The molecule has 0 aromatic rings. The Morgan fingerprint density at radius 1 is 1.44 bits per heavy atom. The molecule has 0 heterocycles. The maximum absolute atomic E-state index is 4.58. The molecule has 1 aliphatic rings. The molecule has 1 rings (SSSR count). The summed E-state index contributed by atoms with van der Waals surface area (Å²) >= 11 is 0. The normalized spacial score (nSPS) is 28.8. The molecule has 0 bridgehead atoms. The molecule has 2 heteroatoms. The Labute approximate surface area is 100 Å². The zero-order chi connectivity index (χ0) is 12.1. The Morgan fingerprint density at radius 3 is 2.56 bits per heavy atom. The van der Waals surface area contributed by atoms with E-state index in [0.717, 1.165) is 24.2 Å². The van der Waals surface area contributed by atoms with Crippen molar-refractivity contribution in [2.24, 2.45) is 22.7 Å². The topological polar surface area (TPSA) is 15.4 Å². The number of rotatable bonds is 4. The standard InChI is InChI=1S/C14H27N2/c1-6-13-8-9-14(13)11(3)10-15-12(4)16(5)7-2/h10-11,13-14H,6-9H2,1-5H3/q+1. The highest BCUT2D eigenvalue weighted by Gasteiger charge is 2.33. The van der Waals surface area contributed by atoms with Gasteiger partial charge in [-0.3, -0.25) is 4.58 Å². The van der Waals surface area contributed by atoms with Gasteiger partial charge in [0.05, 0.1) is 13.6 Å². The Bertz CT molecular complexity index is 276. The summed E-state index contributed by atoms with van der Waals surface area (Å²) in [7, 11) is 2.09. The molecule has 0 spiro atoms. The van der Waals surface area contributed by atoms with Gasteiger partial charge in [-0.25, -0.2) is 0 Å². The third kappa shape index (κ3) is 3.16. The quantitative estimate of drug-likeness (QED) is 0.395. The van der Waals surface area contributed by atoms with Crippen LogP contribution >= 0.6 is 0 Å². The minimum Gasteiger partial charge on any atom is -0.265 e. The van der Waals surface area contributed by atoms with Crippen molar-refractivity contribution in [1.82, 2.24) is 0 Å². The van der Waals surface area contributed by atoms with Gasteiger partial charge < -0.3 is 0 Å². The van der Waals surface area contributed by atoms with Crippen molar-refractivity contribution in [3.63, 3.8) is 0 Å². The third-order valence-corrected chi connectivity index (χ3v) is 4.20. The Balaban J connectivity index is 2.51. The first-order chi connectivity index (χ1) is 7.60. The molecule has 0 amide bonds. The van der Waals surface area contributed by atoms with Crippen molar-refractivity contribution in [2.45, 2.75) is 47.0 Å². The minimum absolute atomic E-state index is 0.638. The molecule has 92 valence electrons. The van der Waals surface area contributed by atoms with E-state index in [-0.39, 0.29) is 0 Å². The van der Waals surface area contributed by atoms with Crippen LogP contribution in [0.2, 0.25) is 0 Å². The van der Waals surface area contributed by atoms with E-state index < -0.39 is 0 Å². The molecule has 16 heavy (non-hydrogen) atoms. The van der Waals surface area contributed by atoms with E-state index in [1.807, 2.05) is 0 Å². The molecule has 0 aliphatic heterocycles. The van der Waals surface area contributed by atoms with Crippen LogP contribution < -0.4 is 0 Å². The Morgan fingerprint density at radius 2 is 2.12 bits per heavy atom. The molecule has 0 radical (unpaired) electrons. The van der Waals surface area contributed by atoms with E-state index in [1.165, 1.54) is 19.3 Å². The average Bonchev–Trinajstić information content (AvgIpc) is 2.23. The molecular formula is C14H27N2+. The fourth-order valence-corrected chi connectivity index (χ4v) is 2.46. The van der Waals surface area contributed by atoms with Crippen LogP contribution in [0.3, 0.4) is 0 Å². The lowest BCUT2D eigenvalue weighted by Crippen LogP contribution is -2.31. The fraction of sp³-hybridized carbons (Fsp3) is 0.857. The zero-order valence-corrected chi connectivity index (χ0v) is 11.5. The lowest BCUT2D eigenvalue weighted by Gasteiger charge is -2.38. The van der Waals surface area contributed by atoms with E-state index in [2.05, 4.69) is 50.5 Å². The lowest BCUT2D eigenvalue weighted by atomic mass is 9.67. The summed E-state index contributed by atoms with van der Waals surface area (Å²) in [6, 6.07) is 0. The summed E-state index contributed by atoms with van der Waals surface area (Å²) < 4.78 is 2.18. The third-order valence-electron chi connectivity index (χ3n) is 4.20. The van der Waals surface area contributed by atoms with E-state index in [9.17, 15) is 0 Å². The van der Waals surface area contributed by atoms with Gasteiger partial charge in [0.25, 0.3) is 5.84 Å². The predicted octanol–water partition coefficient (Wildman–Crippen LogP) is 3.21. The molecule has 0 N–H and O–H groups in total. The summed E-state index contributed by atoms with van der Waals surface area (Å²) in [4.78, 5) is 4.58. The fourth-order valence-electron chi connectivity index (χ4n) is 2.46. The van der Waals surface area contributed by atoms with Crippen LogP contribution in [0.5, 0.6) is 0 Å². The highest BCUT2D eigenvalue weighted by atomic mass is 15.0. The van der Waals surface area contributed by atoms with Crippen LogP contribution in [-0.4, -0.2) is 30.2 Å². The van der Waals surface area contributed by atoms with Crippen LogP contribution in [0, 0.1) is 17.8 Å². The number of nitrogens with zero attached hydrogens (tertiary/aromatic N) is 2. The first-order valence-corrected chi connectivity index (χ1v) is 6.69. The number of aliphatic imine (C=N–C) groups is 1. The number of amidine groups is 1. The average molecular weight is 223 g/mol. The van der Waals surface area contributed by atoms with Crippen molar-refractivity contribution in [3.05, 3.63) is 0 Å². The van der Waals surface area contributed by atoms with Gasteiger partial charge in [0, 0.05) is 12.8 Å². The monoisotopic (exact) mass is 223 g/mol. The molecule has 1 saturated carbocycles. The molecule has 0 aromatic carbocycles. The van der Waals surface area contributed by atoms with E-state index >= 15 is 0 Å². The first-order valence-electron chi connectivity index (χ1n) is 6.69. The Kier molecular flexibility index (Phi) is 5.17. The van der Waals surface area contributed by atoms with Crippen LogP contribution in [-0.2, 0) is 0 Å². The molecule has 1 fully saturated rings. The van der Waals surface area contributed by atoms with Crippen LogP contribution in [0.15, 0.2) is 4.99 Å². The zero-order valence-electron chi connectivity index (χ0n) is 11.5. The van der Waals surface area contributed by atoms with Gasteiger partial charge in [-0.15, -0.1) is 0 Å². The molecule has 1 aliphatic carbocycles. The smallest absolute Gasteiger partial charge is 0.265 e. The molecule has 2 nitrogen and oxygen atoms in total. The summed E-state index contributed by atoms with van der Waals surface area (Å²) in [6.45, 7) is 9.89. The molecular weight excluding hydrogens is 196 g/mol. The van der Waals surface area contributed by atoms with Gasteiger partial charge in [0.2, 0.25) is 0 Å². The van der Waals surface area contributed by atoms with Gasteiger partial charge in [-0.05, 0) is 31.6 Å². The SMILES string of the molecule is CCC1CCC1C(C)C=NC(C)=[N+](C)CC. The second-order valence-corrected chi connectivity index (χ2v) is 5.11. The van der Waals surface area contributed by atoms with Crippen molar-refractivity contribution in [1.29, 1.82) is 0 Å². The molecule has 0 saturated heterocycles. The molecule has 3 unspecified atom stereocenters. The summed E-state index contributed by atoms with van der Waals surface area (Å²) in [5, 5.41) is 0. The van der Waals surface area contributed by atoms with Crippen molar-refractivity contribution in [2.75, 3.05) is 13.6 Å².